The lowest BCUT2D eigenvalue weighted by atomic mass is 10.3. The number of anilines is 1. The summed E-state index contributed by atoms with van der Waals surface area (Å²) < 4.78 is 21.5. The van der Waals surface area contributed by atoms with Gasteiger partial charge in [-0.05, 0) is 35.0 Å². The Hall–Kier alpha value is -2.15. The molecule has 0 saturated heterocycles. The van der Waals surface area contributed by atoms with Gasteiger partial charge in [-0.15, -0.1) is 0 Å². The van der Waals surface area contributed by atoms with E-state index in [4.69, 9.17) is 4.74 Å². The third-order valence-electron chi connectivity index (χ3n) is 2.80. The highest BCUT2D eigenvalue weighted by atomic mass is 79.9. The first kappa shape index (κ1) is 13.8. The van der Waals surface area contributed by atoms with Crippen molar-refractivity contribution in [2.45, 2.75) is 6.92 Å². The number of nitrogens with one attached hydrogen (secondary N) is 1. The summed E-state index contributed by atoms with van der Waals surface area (Å²) in [5, 5.41) is 3.12. The summed E-state index contributed by atoms with van der Waals surface area (Å²) in [6, 6.07) is 4.23. The zero-order chi connectivity index (χ0) is 14.8. The average Bonchev–Trinajstić information content (AvgIpc) is 2.92. The minimum atomic E-state index is -0.379. The Bertz CT molecular complexity index is 790. The number of hydrogen-bond acceptors (Lipinski definition) is 4. The second-order valence-corrected chi connectivity index (χ2v) is 5.15. The molecule has 2 heterocycles. The van der Waals surface area contributed by atoms with E-state index in [1.165, 1.54) is 12.1 Å². The van der Waals surface area contributed by atoms with Gasteiger partial charge in [-0.2, -0.15) is 4.98 Å². The van der Waals surface area contributed by atoms with E-state index in [0.29, 0.717) is 27.6 Å². The molecule has 1 N–H and O–H groups in total. The van der Waals surface area contributed by atoms with Crippen LogP contribution in [0.2, 0.25) is 0 Å². The molecule has 3 rings (SSSR count). The summed E-state index contributed by atoms with van der Waals surface area (Å²) in [5.74, 6) is 0.937. The number of halogens is 2. The van der Waals surface area contributed by atoms with Crippen molar-refractivity contribution in [1.82, 2.24) is 14.4 Å². The van der Waals surface area contributed by atoms with Gasteiger partial charge in [0.15, 0.2) is 0 Å². The van der Waals surface area contributed by atoms with E-state index >= 15 is 0 Å². The Morgan fingerprint density at radius 2 is 2.29 bits per heavy atom. The molecule has 0 atom stereocenters. The lowest BCUT2D eigenvalue weighted by Crippen LogP contribution is -2.03. The molecule has 5 nitrogen and oxygen atoms in total. The monoisotopic (exact) mass is 350 g/mol. The van der Waals surface area contributed by atoms with Gasteiger partial charge < -0.3 is 10.1 Å². The molecule has 0 bridgehead atoms. The van der Waals surface area contributed by atoms with Crippen LogP contribution < -0.4 is 10.1 Å². The number of benzene rings is 1. The third kappa shape index (κ3) is 2.82. The van der Waals surface area contributed by atoms with Gasteiger partial charge in [0.1, 0.15) is 17.4 Å². The molecule has 0 saturated carbocycles. The van der Waals surface area contributed by atoms with Gasteiger partial charge in [0.25, 0.3) is 5.88 Å². The van der Waals surface area contributed by atoms with E-state index in [1.54, 1.807) is 22.9 Å². The molecule has 108 valence electrons. The summed E-state index contributed by atoms with van der Waals surface area (Å²) in [6.07, 6.45) is 5.27. The standard InChI is InChI=1S/C14H12BrFN4O/c1-2-17-12-8-20-6-5-18-13(20)14(19-12)21-11-7-9(16)3-4-10(11)15/h3-8,17H,2H2,1H3. The van der Waals surface area contributed by atoms with Crippen molar-refractivity contribution in [3.63, 3.8) is 0 Å². The summed E-state index contributed by atoms with van der Waals surface area (Å²) in [7, 11) is 0. The second kappa shape index (κ2) is 5.69. The van der Waals surface area contributed by atoms with Gasteiger partial charge >= 0.3 is 0 Å². The number of rotatable bonds is 4. The molecule has 1 aromatic carbocycles. The predicted octanol–water partition coefficient (Wildman–Crippen LogP) is 3.86. The zero-order valence-electron chi connectivity index (χ0n) is 11.2. The van der Waals surface area contributed by atoms with E-state index < -0.39 is 0 Å². The molecule has 3 aromatic rings. The molecule has 0 radical (unpaired) electrons. The SMILES string of the molecule is CCNc1cn2ccnc2c(Oc2cc(F)ccc2Br)n1. The van der Waals surface area contributed by atoms with Crippen molar-refractivity contribution in [2.24, 2.45) is 0 Å². The molecular weight excluding hydrogens is 339 g/mol. The maximum atomic E-state index is 13.3. The van der Waals surface area contributed by atoms with Crippen LogP contribution in [0.15, 0.2) is 41.3 Å². The fraction of sp³-hybridized carbons (Fsp3) is 0.143. The van der Waals surface area contributed by atoms with Crippen LogP contribution in [0, 0.1) is 5.82 Å². The van der Waals surface area contributed by atoms with Gasteiger partial charge in [-0.3, -0.25) is 4.40 Å². The van der Waals surface area contributed by atoms with Crippen LogP contribution >= 0.6 is 15.9 Å². The van der Waals surface area contributed by atoms with Gasteiger partial charge in [0, 0.05) is 25.0 Å². The molecule has 0 aliphatic carbocycles. The number of hydrogen-bond donors (Lipinski definition) is 1. The molecule has 0 aliphatic heterocycles. The quantitative estimate of drug-likeness (QED) is 0.776. The average molecular weight is 351 g/mol. The molecule has 0 aliphatic rings. The fourth-order valence-corrected chi connectivity index (χ4v) is 2.22. The van der Waals surface area contributed by atoms with Crippen molar-refractivity contribution in [1.29, 1.82) is 0 Å². The molecular formula is C14H12BrFN4O. The Morgan fingerprint density at radius 1 is 1.43 bits per heavy atom. The van der Waals surface area contributed by atoms with E-state index in [0.717, 1.165) is 6.54 Å². The molecule has 0 amide bonds. The Labute approximate surface area is 128 Å². The largest absolute Gasteiger partial charge is 0.435 e. The van der Waals surface area contributed by atoms with E-state index in [9.17, 15) is 4.39 Å². The van der Waals surface area contributed by atoms with E-state index in [1.807, 2.05) is 13.1 Å². The minimum Gasteiger partial charge on any atom is -0.435 e. The smallest absolute Gasteiger partial charge is 0.265 e. The minimum absolute atomic E-state index is 0.310. The maximum absolute atomic E-state index is 13.3. The van der Waals surface area contributed by atoms with Gasteiger partial charge in [0.2, 0.25) is 5.65 Å². The predicted molar refractivity (Wildman–Crippen MR) is 81.3 cm³/mol. The van der Waals surface area contributed by atoms with Crippen LogP contribution in [0.5, 0.6) is 11.6 Å². The number of ether oxygens (including phenoxy) is 1. The third-order valence-corrected chi connectivity index (χ3v) is 3.46. The fourth-order valence-electron chi connectivity index (χ4n) is 1.90. The number of imidazole rings is 1. The van der Waals surface area contributed by atoms with Crippen LogP contribution in [0.3, 0.4) is 0 Å². The molecule has 2 aromatic heterocycles. The Balaban J connectivity index is 2.06. The molecule has 21 heavy (non-hydrogen) atoms. The normalized spacial score (nSPS) is 10.8. The van der Waals surface area contributed by atoms with Crippen molar-refractivity contribution < 1.29 is 9.13 Å². The van der Waals surface area contributed by atoms with Gasteiger partial charge in [0.05, 0.1) is 10.7 Å². The van der Waals surface area contributed by atoms with Crippen molar-refractivity contribution in [2.75, 3.05) is 11.9 Å². The molecule has 0 unspecified atom stereocenters. The maximum Gasteiger partial charge on any atom is 0.265 e. The van der Waals surface area contributed by atoms with Crippen molar-refractivity contribution in [3.8, 4) is 11.6 Å². The first-order chi connectivity index (χ1) is 10.2. The Kier molecular flexibility index (Phi) is 3.74. The van der Waals surface area contributed by atoms with Crippen molar-refractivity contribution in [3.05, 3.63) is 47.1 Å². The number of nitrogens with zero attached hydrogens (tertiary/aromatic N) is 3. The van der Waals surface area contributed by atoms with Crippen LogP contribution in [-0.2, 0) is 0 Å². The highest BCUT2D eigenvalue weighted by molar-refractivity contribution is 9.10. The van der Waals surface area contributed by atoms with Crippen molar-refractivity contribution >= 4 is 27.4 Å². The van der Waals surface area contributed by atoms with E-state index in [-0.39, 0.29) is 5.82 Å². The lowest BCUT2D eigenvalue weighted by Gasteiger charge is -2.10. The summed E-state index contributed by atoms with van der Waals surface area (Å²) in [4.78, 5) is 8.58. The summed E-state index contributed by atoms with van der Waals surface area (Å²) in [5.41, 5.74) is 0.563. The number of aromatic nitrogens is 3. The van der Waals surface area contributed by atoms with Crippen LogP contribution in [0.4, 0.5) is 10.2 Å². The van der Waals surface area contributed by atoms with E-state index in [2.05, 4.69) is 31.2 Å². The zero-order valence-corrected chi connectivity index (χ0v) is 12.8. The second-order valence-electron chi connectivity index (χ2n) is 4.30. The topological polar surface area (TPSA) is 51.5 Å². The molecule has 0 fully saturated rings. The van der Waals surface area contributed by atoms with Crippen LogP contribution in [0.25, 0.3) is 5.65 Å². The molecule has 0 spiro atoms. The molecule has 7 heteroatoms. The van der Waals surface area contributed by atoms with Gasteiger partial charge in [-0.25, -0.2) is 9.37 Å². The highest BCUT2D eigenvalue weighted by Crippen LogP contribution is 2.31. The first-order valence-corrected chi connectivity index (χ1v) is 7.17. The Morgan fingerprint density at radius 3 is 3.10 bits per heavy atom. The highest BCUT2D eigenvalue weighted by Gasteiger charge is 2.12. The van der Waals surface area contributed by atoms with Gasteiger partial charge in [-0.1, -0.05) is 0 Å². The summed E-state index contributed by atoms with van der Waals surface area (Å²) >= 11 is 3.33. The van der Waals surface area contributed by atoms with Crippen LogP contribution in [-0.4, -0.2) is 20.9 Å². The summed E-state index contributed by atoms with van der Waals surface area (Å²) in [6.45, 7) is 2.71. The lowest BCUT2D eigenvalue weighted by molar-refractivity contribution is 0.458. The number of fused-ring (bicyclic) bond motifs is 1. The van der Waals surface area contributed by atoms with Crippen LogP contribution in [0.1, 0.15) is 6.92 Å². The first-order valence-electron chi connectivity index (χ1n) is 6.38.